The van der Waals surface area contributed by atoms with Gasteiger partial charge in [0.15, 0.2) is 16.5 Å². The number of nitrogens with one attached hydrogen (secondary N) is 1. The van der Waals surface area contributed by atoms with Gasteiger partial charge in [0.1, 0.15) is 30.0 Å². The fraction of sp³-hybridized carbons (Fsp3) is 0.308. The van der Waals surface area contributed by atoms with Gasteiger partial charge in [-0.2, -0.15) is 0 Å². The second-order valence-electron chi connectivity index (χ2n) is 5.15. The zero-order chi connectivity index (χ0) is 19.0. The number of amides is 2. The summed E-state index contributed by atoms with van der Waals surface area (Å²) in [5.74, 6) is -3.15. The van der Waals surface area contributed by atoms with Gasteiger partial charge in [0, 0.05) is 5.38 Å². The summed E-state index contributed by atoms with van der Waals surface area (Å²) in [6.07, 6.45) is 0. The zero-order valence-electron chi connectivity index (χ0n) is 13.2. The van der Waals surface area contributed by atoms with E-state index in [-0.39, 0.29) is 22.3 Å². The first-order chi connectivity index (χ1) is 12.3. The Hall–Kier alpha value is -2.80. The third-order valence-corrected chi connectivity index (χ3v) is 5.54. The Kier molecular flexibility index (Phi) is 4.73. The Bertz CT molecular complexity index is 850. The number of β-lactam (4-membered cyclic amide) rings is 1. The summed E-state index contributed by atoms with van der Waals surface area (Å²) in [4.78, 5) is 45.6. The third kappa shape index (κ3) is 2.94. The summed E-state index contributed by atoms with van der Waals surface area (Å²) in [6.45, 7) is 0. The molecule has 1 fully saturated rings. The summed E-state index contributed by atoms with van der Waals surface area (Å²) < 4.78 is 0. The first kappa shape index (κ1) is 18.0. The lowest BCUT2D eigenvalue weighted by Crippen LogP contribution is -2.71. The molecule has 0 aliphatic carbocycles. The standard InChI is InChI=1S/C13H13N5O6S2/c1-24-17-6(4-2-26-13(14)15-4)9(20)16-7-10(21)18-8(12(22)23)5(19)3-25-11(7)18/h2,7,11,19H,3H2,1H3,(H2,14,15)(H,16,20)(H,22,23)/b17-6-/t7?,11-/m0/s1. The molecule has 2 aliphatic rings. The molecule has 0 bridgehead atoms. The van der Waals surface area contributed by atoms with E-state index in [0.29, 0.717) is 0 Å². The number of aliphatic hydroxyl groups is 1. The molecule has 2 atom stereocenters. The van der Waals surface area contributed by atoms with Crippen molar-refractivity contribution in [3.8, 4) is 0 Å². The minimum absolute atomic E-state index is 0.0179. The number of carbonyl (C=O) groups excluding carboxylic acids is 2. The topological polar surface area (TPSA) is 167 Å². The number of aliphatic carboxylic acids is 1. The van der Waals surface area contributed by atoms with Crippen molar-refractivity contribution in [1.29, 1.82) is 0 Å². The van der Waals surface area contributed by atoms with Crippen molar-refractivity contribution >= 4 is 51.7 Å². The number of nitrogen functional groups attached to an aromatic ring is 1. The van der Waals surface area contributed by atoms with Gasteiger partial charge in [-0.1, -0.05) is 5.16 Å². The van der Waals surface area contributed by atoms with Crippen molar-refractivity contribution < 1.29 is 29.4 Å². The van der Waals surface area contributed by atoms with E-state index in [1.54, 1.807) is 0 Å². The van der Waals surface area contributed by atoms with Crippen LogP contribution in [-0.2, 0) is 19.2 Å². The number of anilines is 1. The summed E-state index contributed by atoms with van der Waals surface area (Å²) in [7, 11) is 1.25. The van der Waals surface area contributed by atoms with Gasteiger partial charge >= 0.3 is 5.97 Å². The van der Waals surface area contributed by atoms with Crippen LogP contribution in [0.25, 0.3) is 0 Å². The minimum atomic E-state index is -1.41. The number of thioether (sulfide) groups is 1. The number of aromatic nitrogens is 1. The number of thiazole rings is 1. The number of hydrogen-bond donors (Lipinski definition) is 4. The van der Waals surface area contributed by atoms with Crippen LogP contribution in [0.1, 0.15) is 5.69 Å². The van der Waals surface area contributed by atoms with Crippen molar-refractivity contribution in [2.24, 2.45) is 5.16 Å². The van der Waals surface area contributed by atoms with Crippen LogP contribution in [-0.4, -0.2) is 67.9 Å². The molecule has 3 heterocycles. The van der Waals surface area contributed by atoms with Crippen molar-refractivity contribution in [1.82, 2.24) is 15.2 Å². The molecule has 0 radical (unpaired) electrons. The van der Waals surface area contributed by atoms with E-state index >= 15 is 0 Å². The second-order valence-corrected chi connectivity index (χ2v) is 7.15. The average Bonchev–Trinajstić information content (AvgIpc) is 3.02. The first-order valence-electron chi connectivity index (χ1n) is 7.08. The molecule has 5 N–H and O–H groups in total. The van der Waals surface area contributed by atoms with Crippen LogP contribution < -0.4 is 11.1 Å². The Balaban J connectivity index is 1.78. The van der Waals surface area contributed by atoms with Gasteiger partial charge in [0.25, 0.3) is 11.8 Å². The van der Waals surface area contributed by atoms with E-state index in [4.69, 9.17) is 10.8 Å². The molecular formula is C13H13N5O6S2. The predicted octanol–water partition coefficient (Wildman–Crippen LogP) is -0.670. The van der Waals surface area contributed by atoms with Gasteiger partial charge in [-0.05, 0) is 0 Å². The minimum Gasteiger partial charge on any atom is -0.509 e. The molecule has 2 amide bonds. The quantitative estimate of drug-likeness (QED) is 0.285. The molecule has 0 aromatic carbocycles. The molecule has 3 rings (SSSR count). The number of hydrogen-bond acceptors (Lipinski definition) is 10. The van der Waals surface area contributed by atoms with Gasteiger partial charge in [0.05, 0.1) is 5.75 Å². The summed E-state index contributed by atoms with van der Waals surface area (Å²) in [6, 6.07) is -0.965. The molecule has 1 unspecified atom stereocenters. The van der Waals surface area contributed by atoms with Crippen molar-refractivity contribution in [3.63, 3.8) is 0 Å². The zero-order valence-corrected chi connectivity index (χ0v) is 14.8. The molecule has 2 aliphatic heterocycles. The SMILES string of the molecule is CO/N=C(\C(=O)NC1C(=O)N2C(C(=O)O)=C(O)CS[C@@H]12)c1csc(N)n1. The van der Waals surface area contributed by atoms with Gasteiger partial charge in [-0.3, -0.25) is 14.5 Å². The van der Waals surface area contributed by atoms with Crippen LogP contribution >= 0.6 is 23.1 Å². The molecule has 1 aromatic rings. The van der Waals surface area contributed by atoms with Gasteiger partial charge in [0.2, 0.25) is 0 Å². The monoisotopic (exact) mass is 399 g/mol. The Morgan fingerprint density at radius 2 is 2.27 bits per heavy atom. The normalized spacial score (nSPS) is 22.6. The number of rotatable bonds is 5. The third-order valence-electron chi connectivity index (χ3n) is 3.60. The number of nitrogens with zero attached hydrogens (tertiary/aromatic N) is 3. The number of carboxylic acid groups (broad SMARTS) is 1. The van der Waals surface area contributed by atoms with E-state index in [1.165, 1.54) is 12.5 Å². The molecule has 138 valence electrons. The lowest BCUT2D eigenvalue weighted by atomic mass is 10.0. The van der Waals surface area contributed by atoms with Crippen molar-refractivity contribution in [3.05, 3.63) is 22.5 Å². The predicted molar refractivity (Wildman–Crippen MR) is 92.4 cm³/mol. The molecule has 11 nitrogen and oxygen atoms in total. The number of carboxylic acids is 1. The van der Waals surface area contributed by atoms with Crippen LogP contribution in [0.3, 0.4) is 0 Å². The highest BCUT2D eigenvalue weighted by Gasteiger charge is 2.54. The molecule has 1 saturated heterocycles. The number of carbonyl (C=O) groups is 3. The molecule has 13 heteroatoms. The summed E-state index contributed by atoms with van der Waals surface area (Å²) in [5.41, 5.74) is 5.11. The van der Waals surface area contributed by atoms with E-state index in [9.17, 15) is 19.5 Å². The van der Waals surface area contributed by atoms with Crippen LogP contribution in [0.4, 0.5) is 5.13 Å². The summed E-state index contributed by atoms with van der Waals surface area (Å²) >= 11 is 2.24. The molecule has 0 saturated carbocycles. The fourth-order valence-electron chi connectivity index (χ4n) is 2.51. The highest BCUT2D eigenvalue weighted by atomic mass is 32.2. The second kappa shape index (κ2) is 6.84. The fourth-order valence-corrected chi connectivity index (χ4v) is 4.25. The van der Waals surface area contributed by atoms with Gasteiger partial charge in [-0.25, -0.2) is 9.78 Å². The Morgan fingerprint density at radius 3 is 2.85 bits per heavy atom. The molecule has 0 spiro atoms. The molecule has 1 aromatic heterocycles. The van der Waals surface area contributed by atoms with Crippen molar-refractivity contribution in [2.75, 3.05) is 18.6 Å². The maximum absolute atomic E-state index is 12.5. The van der Waals surface area contributed by atoms with E-state index in [0.717, 1.165) is 28.0 Å². The Labute approximate surface area is 154 Å². The first-order valence-corrected chi connectivity index (χ1v) is 9.01. The van der Waals surface area contributed by atoms with E-state index in [2.05, 4.69) is 20.3 Å². The molecular weight excluding hydrogens is 386 g/mol. The maximum Gasteiger partial charge on any atom is 0.356 e. The van der Waals surface area contributed by atoms with E-state index < -0.39 is 40.7 Å². The van der Waals surface area contributed by atoms with E-state index in [1.807, 2.05) is 0 Å². The van der Waals surface area contributed by atoms with Gasteiger partial charge < -0.3 is 26.1 Å². The van der Waals surface area contributed by atoms with Crippen LogP contribution in [0.5, 0.6) is 0 Å². The smallest absolute Gasteiger partial charge is 0.356 e. The maximum atomic E-state index is 12.5. The van der Waals surface area contributed by atoms with Crippen molar-refractivity contribution in [2.45, 2.75) is 11.4 Å². The number of oxime groups is 1. The van der Waals surface area contributed by atoms with Crippen LogP contribution in [0.15, 0.2) is 22.0 Å². The average molecular weight is 399 g/mol. The summed E-state index contributed by atoms with van der Waals surface area (Å²) in [5, 5.41) is 26.1. The van der Waals surface area contributed by atoms with Crippen LogP contribution in [0, 0.1) is 0 Å². The highest BCUT2D eigenvalue weighted by molar-refractivity contribution is 8.00. The lowest BCUT2D eigenvalue weighted by Gasteiger charge is -2.48. The number of aliphatic hydroxyl groups excluding tert-OH is 1. The molecule has 26 heavy (non-hydrogen) atoms. The number of fused-ring (bicyclic) bond motifs is 1. The number of nitrogens with two attached hydrogens (primary N) is 1. The van der Waals surface area contributed by atoms with Crippen LogP contribution in [0.2, 0.25) is 0 Å². The van der Waals surface area contributed by atoms with Gasteiger partial charge in [-0.15, -0.1) is 23.1 Å². The lowest BCUT2D eigenvalue weighted by molar-refractivity contribution is -0.150. The highest BCUT2D eigenvalue weighted by Crippen LogP contribution is 2.39. The Morgan fingerprint density at radius 1 is 1.54 bits per heavy atom. The largest absolute Gasteiger partial charge is 0.509 e.